The molecule has 0 unspecified atom stereocenters. The Balaban J connectivity index is 2.05. The first kappa shape index (κ1) is 14.3. The molecule has 2 amide bonds. The Morgan fingerprint density at radius 1 is 1.20 bits per heavy atom. The monoisotopic (exact) mass is 288 g/mol. The minimum Gasteiger partial charge on any atom is -0.326 e. The van der Waals surface area contributed by atoms with Crippen LogP contribution < -0.4 is 10.6 Å². The van der Waals surface area contributed by atoms with Crippen LogP contribution in [0, 0.1) is 6.92 Å². The summed E-state index contributed by atoms with van der Waals surface area (Å²) in [6.07, 6.45) is 0.362. The number of anilines is 2. The molecule has 4 nitrogen and oxygen atoms in total. The van der Waals surface area contributed by atoms with E-state index in [4.69, 9.17) is 0 Å². The van der Waals surface area contributed by atoms with Gasteiger partial charge in [-0.2, -0.15) is 0 Å². The van der Waals surface area contributed by atoms with Gasteiger partial charge in [-0.3, -0.25) is 9.59 Å². The summed E-state index contributed by atoms with van der Waals surface area (Å²) in [5, 5.41) is 7.53. The summed E-state index contributed by atoms with van der Waals surface area (Å²) in [5.41, 5.74) is 2.35. The summed E-state index contributed by atoms with van der Waals surface area (Å²) in [5.74, 6) is -0.194. The summed E-state index contributed by atoms with van der Waals surface area (Å²) in [6.45, 7) is 3.37. The van der Waals surface area contributed by atoms with Crippen LogP contribution in [0.3, 0.4) is 0 Å². The molecule has 20 heavy (non-hydrogen) atoms. The van der Waals surface area contributed by atoms with Gasteiger partial charge in [0.2, 0.25) is 11.8 Å². The largest absolute Gasteiger partial charge is 0.326 e. The van der Waals surface area contributed by atoms with Crippen molar-refractivity contribution in [3.05, 3.63) is 46.2 Å². The van der Waals surface area contributed by atoms with E-state index in [1.165, 1.54) is 6.92 Å². The van der Waals surface area contributed by atoms with Crippen molar-refractivity contribution in [3.8, 4) is 0 Å². The van der Waals surface area contributed by atoms with Crippen molar-refractivity contribution in [2.45, 2.75) is 20.3 Å². The van der Waals surface area contributed by atoms with Gasteiger partial charge in [0, 0.05) is 23.2 Å². The number of aryl methyl sites for hydroxylation is 1. The SMILES string of the molecule is CC(=O)Nc1cc(NC(=O)Cc2cccs2)ccc1C. The first-order chi connectivity index (χ1) is 9.54. The van der Waals surface area contributed by atoms with E-state index in [9.17, 15) is 9.59 Å². The fraction of sp³-hybridized carbons (Fsp3) is 0.200. The van der Waals surface area contributed by atoms with Gasteiger partial charge in [-0.25, -0.2) is 0 Å². The molecule has 0 aliphatic heterocycles. The van der Waals surface area contributed by atoms with Gasteiger partial charge in [0.1, 0.15) is 0 Å². The average Bonchev–Trinajstić information content (AvgIpc) is 2.85. The second-order valence-electron chi connectivity index (χ2n) is 4.52. The molecule has 2 N–H and O–H groups in total. The number of carbonyl (C=O) groups excluding carboxylic acids is 2. The van der Waals surface area contributed by atoms with E-state index >= 15 is 0 Å². The first-order valence-electron chi connectivity index (χ1n) is 6.25. The lowest BCUT2D eigenvalue weighted by atomic mass is 10.1. The van der Waals surface area contributed by atoms with Crippen LogP contribution >= 0.6 is 11.3 Å². The lowest BCUT2D eigenvalue weighted by Crippen LogP contribution is -2.14. The highest BCUT2D eigenvalue weighted by Gasteiger charge is 2.07. The van der Waals surface area contributed by atoms with Crippen LogP contribution in [-0.4, -0.2) is 11.8 Å². The Kier molecular flexibility index (Phi) is 4.53. The van der Waals surface area contributed by atoms with Gasteiger partial charge in [0.05, 0.1) is 6.42 Å². The number of nitrogens with one attached hydrogen (secondary N) is 2. The molecule has 0 atom stereocenters. The minimum absolute atomic E-state index is 0.0647. The zero-order valence-corrected chi connectivity index (χ0v) is 12.2. The summed E-state index contributed by atoms with van der Waals surface area (Å²) >= 11 is 1.56. The van der Waals surface area contributed by atoms with Crippen LogP contribution in [0.5, 0.6) is 0 Å². The third-order valence-electron chi connectivity index (χ3n) is 2.75. The molecule has 0 spiro atoms. The van der Waals surface area contributed by atoms with Crippen molar-refractivity contribution in [2.75, 3.05) is 10.6 Å². The molecule has 0 saturated carbocycles. The third-order valence-corrected chi connectivity index (χ3v) is 3.62. The highest BCUT2D eigenvalue weighted by atomic mass is 32.1. The lowest BCUT2D eigenvalue weighted by molar-refractivity contribution is -0.115. The van der Waals surface area contributed by atoms with Crippen molar-refractivity contribution >= 4 is 34.5 Å². The van der Waals surface area contributed by atoms with Crippen LogP contribution in [0.15, 0.2) is 35.7 Å². The molecule has 1 aromatic carbocycles. The van der Waals surface area contributed by atoms with Crippen molar-refractivity contribution in [1.82, 2.24) is 0 Å². The Bertz CT molecular complexity index is 621. The van der Waals surface area contributed by atoms with Crippen molar-refractivity contribution < 1.29 is 9.59 Å². The highest BCUT2D eigenvalue weighted by molar-refractivity contribution is 7.10. The molecule has 1 aromatic heterocycles. The summed E-state index contributed by atoms with van der Waals surface area (Å²) in [6, 6.07) is 9.32. The zero-order chi connectivity index (χ0) is 14.5. The molecule has 0 aliphatic carbocycles. The van der Waals surface area contributed by atoms with Crippen LogP contribution in [-0.2, 0) is 16.0 Å². The summed E-state index contributed by atoms with van der Waals surface area (Å²) < 4.78 is 0. The summed E-state index contributed by atoms with van der Waals surface area (Å²) in [7, 11) is 0. The van der Waals surface area contributed by atoms with Gasteiger partial charge < -0.3 is 10.6 Å². The van der Waals surface area contributed by atoms with Crippen LogP contribution in [0.2, 0.25) is 0 Å². The molecule has 0 radical (unpaired) electrons. The van der Waals surface area contributed by atoms with E-state index in [2.05, 4.69) is 10.6 Å². The molecule has 1 heterocycles. The normalized spacial score (nSPS) is 10.1. The minimum atomic E-state index is -0.129. The smallest absolute Gasteiger partial charge is 0.229 e. The Morgan fingerprint density at radius 3 is 2.65 bits per heavy atom. The second-order valence-corrected chi connectivity index (χ2v) is 5.55. The van der Waals surface area contributed by atoms with Gasteiger partial charge in [-0.15, -0.1) is 11.3 Å². The van der Waals surface area contributed by atoms with Gasteiger partial charge in [0.15, 0.2) is 0 Å². The number of hydrogen-bond acceptors (Lipinski definition) is 3. The van der Waals surface area contributed by atoms with E-state index in [1.807, 2.05) is 36.6 Å². The van der Waals surface area contributed by atoms with E-state index in [0.717, 1.165) is 10.4 Å². The first-order valence-corrected chi connectivity index (χ1v) is 7.13. The molecule has 0 aliphatic rings. The van der Waals surface area contributed by atoms with Gasteiger partial charge in [-0.05, 0) is 36.1 Å². The maximum absolute atomic E-state index is 11.9. The van der Waals surface area contributed by atoms with E-state index in [-0.39, 0.29) is 11.8 Å². The fourth-order valence-corrected chi connectivity index (χ4v) is 2.50. The zero-order valence-electron chi connectivity index (χ0n) is 11.4. The van der Waals surface area contributed by atoms with Crippen molar-refractivity contribution in [2.24, 2.45) is 0 Å². The molecular weight excluding hydrogens is 272 g/mol. The number of rotatable bonds is 4. The molecule has 0 saturated heterocycles. The number of hydrogen-bond donors (Lipinski definition) is 2. The van der Waals surface area contributed by atoms with Crippen LogP contribution in [0.4, 0.5) is 11.4 Å². The Labute approximate surface area is 121 Å². The van der Waals surface area contributed by atoms with E-state index in [0.29, 0.717) is 17.8 Å². The molecule has 5 heteroatoms. The molecule has 0 fully saturated rings. The molecule has 104 valence electrons. The number of thiophene rings is 1. The maximum Gasteiger partial charge on any atom is 0.229 e. The molecule has 2 aromatic rings. The number of carbonyl (C=O) groups is 2. The molecular formula is C15H16N2O2S. The predicted molar refractivity (Wildman–Crippen MR) is 82.1 cm³/mol. The van der Waals surface area contributed by atoms with E-state index < -0.39 is 0 Å². The van der Waals surface area contributed by atoms with Crippen LogP contribution in [0.1, 0.15) is 17.4 Å². The van der Waals surface area contributed by atoms with E-state index in [1.54, 1.807) is 17.4 Å². The maximum atomic E-state index is 11.9. The third kappa shape index (κ3) is 3.93. The van der Waals surface area contributed by atoms with Gasteiger partial charge in [-0.1, -0.05) is 12.1 Å². The second kappa shape index (κ2) is 6.34. The van der Waals surface area contributed by atoms with Crippen molar-refractivity contribution in [3.63, 3.8) is 0 Å². The standard InChI is InChI=1S/C15H16N2O2S/c1-10-5-6-12(8-14(10)16-11(2)18)17-15(19)9-13-4-3-7-20-13/h3-8H,9H2,1-2H3,(H,16,18)(H,17,19). The fourth-order valence-electron chi connectivity index (χ4n) is 1.80. The molecule has 0 bridgehead atoms. The Morgan fingerprint density at radius 2 is 2.00 bits per heavy atom. The number of amides is 2. The average molecular weight is 288 g/mol. The lowest BCUT2D eigenvalue weighted by Gasteiger charge is -2.10. The quantitative estimate of drug-likeness (QED) is 0.907. The molecule has 2 rings (SSSR count). The predicted octanol–water partition coefficient (Wildman–Crippen LogP) is 3.20. The topological polar surface area (TPSA) is 58.2 Å². The highest BCUT2D eigenvalue weighted by Crippen LogP contribution is 2.20. The Hall–Kier alpha value is -2.14. The summed E-state index contributed by atoms with van der Waals surface area (Å²) in [4.78, 5) is 24.0. The van der Waals surface area contributed by atoms with Gasteiger partial charge in [0.25, 0.3) is 0 Å². The van der Waals surface area contributed by atoms with Crippen molar-refractivity contribution in [1.29, 1.82) is 0 Å². The van der Waals surface area contributed by atoms with Gasteiger partial charge >= 0.3 is 0 Å². The number of benzene rings is 1. The van der Waals surface area contributed by atoms with Crippen LogP contribution in [0.25, 0.3) is 0 Å².